The van der Waals surface area contributed by atoms with Crippen molar-refractivity contribution in [2.75, 3.05) is 5.32 Å². The third-order valence-corrected chi connectivity index (χ3v) is 4.35. The summed E-state index contributed by atoms with van der Waals surface area (Å²) >= 11 is 5.58. The van der Waals surface area contributed by atoms with Crippen LogP contribution < -0.4 is 5.32 Å². The molecule has 0 radical (unpaired) electrons. The zero-order valence-corrected chi connectivity index (χ0v) is 14.7. The average Bonchev–Trinajstić information content (AvgIpc) is 3.46. The fraction of sp³-hybridized carbons (Fsp3) is 0.263. The lowest BCUT2D eigenvalue weighted by Crippen LogP contribution is -2.26. The van der Waals surface area contributed by atoms with Crippen LogP contribution >= 0.6 is 11.6 Å². The molecule has 0 bridgehead atoms. The molecule has 0 aliphatic heterocycles. The number of nitrogens with one attached hydrogen (secondary N) is 1. The maximum absolute atomic E-state index is 13.0. The van der Waals surface area contributed by atoms with Crippen LogP contribution in [0.3, 0.4) is 0 Å². The lowest BCUT2D eigenvalue weighted by molar-refractivity contribution is -0.156. The molecule has 2 aromatic carbocycles. The molecule has 3 rings (SSSR count). The van der Waals surface area contributed by atoms with Gasteiger partial charge in [-0.15, -0.1) is 0 Å². The van der Waals surface area contributed by atoms with Crippen molar-refractivity contribution in [3.63, 3.8) is 0 Å². The number of esters is 1. The maximum Gasteiger partial charge on any atom is 0.417 e. The zero-order valence-electron chi connectivity index (χ0n) is 13.9. The summed E-state index contributed by atoms with van der Waals surface area (Å²) in [7, 11) is 0. The SMILES string of the molecule is O=C(OC(C(=O)Nc1ccc(Cl)c(C(F)(F)F)c1)c1ccccc1)C1CC1. The van der Waals surface area contributed by atoms with E-state index in [9.17, 15) is 22.8 Å². The van der Waals surface area contributed by atoms with Gasteiger partial charge >= 0.3 is 12.1 Å². The van der Waals surface area contributed by atoms with Crippen molar-refractivity contribution in [1.29, 1.82) is 0 Å². The van der Waals surface area contributed by atoms with E-state index in [1.807, 2.05) is 0 Å². The molecule has 1 N–H and O–H groups in total. The van der Waals surface area contributed by atoms with Crippen LogP contribution in [0.1, 0.15) is 30.1 Å². The Morgan fingerprint density at radius 2 is 1.78 bits per heavy atom. The first-order chi connectivity index (χ1) is 12.8. The minimum Gasteiger partial charge on any atom is -0.447 e. The topological polar surface area (TPSA) is 55.4 Å². The highest BCUT2D eigenvalue weighted by Gasteiger charge is 2.36. The van der Waals surface area contributed by atoms with Gasteiger partial charge in [0.05, 0.1) is 16.5 Å². The van der Waals surface area contributed by atoms with Gasteiger partial charge < -0.3 is 10.1 Å². The van der Waals surface area contributed by atoms with Crippen molar-refractivity contribution < 1.29 is 27.5 Å². The van der Waals surface area contributed by atoms with Crippen molar-refractivity contribution in [1.82, 2.24) is 0 Å². The number of carbonyl (C=O) groups is 2. The maximum atomic E-state index is 13.0. The van der Waals surface area contributed by atoms with E-state index in [1.54, 1.807) is 30.3 Å². The third kappa shape index (κ3) is 4.80. The van der Waals surface area contributed by atoms with Crippen LogP contribution in [0.15, 0.2) is 48.5 Å². The van der Waals surface area contributed by atoms with E-state index in [1.165, 1.54) is 6.07 Å². The number of hydrogen-bond acceptors (Lipinski definition) is 3. The quantitative estimate of drug-likeness (QED) is 0.723. The summed E-state index contributed by atoms with van der Waals surface area (Å²) in [6, 6.07) is 11.3. The molecule has 1 aliphatic carbocycles. The van der Waals surface area contributed by atoms with Gasteiger partial charge in [0.1, 0.15) is 0 Å². The van der Waals surface area contributed by atoms with Crippen molar-refractivity contribution in [2.24, 2.45) is 5.92 Å². The zero-order chi connectivity index (χ0) is 19.6. The summed E-state index contributed by atoms with van der Waals surface area (Å²) in [6.45, 7) is 0. The van der Waals surface area contributed by atoms with Crippen LogP contribution in [0.5, 0.6) is 0 Å². The Hall–Kier alpha value is -2.54. The lowest BCUT2D eigenvalue weighted by Gasteiger charge is -2.19. The molecular formula is C19H15ClF3NO3. The molecule has 1 unspecified atom stereocenters. The van der Waals surface area contributed by atoms with Crippen molar-refractivity contribution in [2.45, 2.75) is 25.1 Å². The molecule has 27 heavy (non-hydrogen) atoms. The molecule has 142 valence electrons. The predicted molar refractivity (Wildman–Crippen MR) is 93.1 cm³/mol. The monoisotopic (exact) mass is 397 g/mol. The summed E-state index contributed by atoms with van der Waals surface area (Å²) in [5.41, 5.74) is -0.734. The Morgan fingerprint density at radius 3 is 2.37 bits per heavy atom. The van der Waals surface area contributed by atoms with E-state index in [0.29, 0.717) is 18.4 Å². The highest BCUT2D eigenvalue weighted by Crippen LogP contribution is 2.37. The van der Waals surface area contributed by atoms with E-state index in [2.05, 4.69) is 5.32 Å². The molecule has 1 saturated carbocycles. The normalized spacial score (nSPS) is 15.1. The lowest BCUT2D eigenvalue weighted by atomic mass is 10.1. The number of ether oxygens (including phenoxy) is 1. The van der Waals surface area contributed by atoms with Gasteiger partial charge in [-0.1, -0.05) is 41.9 Å². The van der Waals surface area contributed by atoms with Gasteiger partial charge in [0, 0.05) is 11.3 Å². The van der Waals surface area contributed by atoms with Crippen LogP contribution in [-0.4, -0.2) is 11.9 Å². The largest absolute Gasteiger partial charge is 0.447 e. The van der Waals surface area contributed by atoms with Gasteiger partial charge in [-0.05, 0) is 31.0 Å². The fourth-order valence-corrected chi connectivity index (χ4v) is 2.68. The van der Waals surface area contributed by atoms with Gasteiger partial charge in [0.2, 0.25) is 6.10 Å². The molecule has 0 aromatic heterocycles. The van der Waals surface area contributed by atoms with E-state index in [4.69, 9.17) is 16.3 Å². The van der Waals surface area contributed by atoms with Crippen LogP contribution in [0.4, 0.5) is 18.9 Å². The molecule has 0 spiro atoms. The van der Waals surface area contributed by atoms with Gasteiger partial charge in [-0.3, -0.25) is 9.59 Å². The summed E-state index contributed by atoms with van der Waals surface area (Å²) in [6.07, 6.45) is -4.51. The van der Waals surface area contributed by atoms with Crippen LogP contribution in [0, 0.1) is 5.92 Å². The highest BCUT2D eigenvalue weighted by molar-refractivity contribution is 6.31. The number of rotatable bonds is 5. The summed E-state index contributed by atoms with van der Waals surface area (Å²) < 4.78 is 44.3. The minimum absolute atomic E-state index is 0.0971. The molecule has 2 aromatic rings. The molecule has 0 saturated heterocycles. The van der Waals surface area contributed by atoms with Gasteiger partial charge in [-0.2, -0.15) is 13.2 Å². The summed E-state index contributed by atoms with van der Waals surface area (Å²) in [5, 5.41) is 1.90. The molecule has 1 amide bonds. The van der Waals surface area contributed by atoms with Gasteiger partial charge in [-0.25, -0.2) is 0 Å². The van der Waals surface area contributed by atoms with Crippen LogP contribution in [0.2, 0.25) is 5.02 Å². The second-order valence-corrected chi connectivity index (χ2v) is 6.59. The Balaban J connectivity index is 1.83. The molecule has 4 nitrogen and oxygen atoms in total. The first-order valence-corrected chi connectivity index (χ1v) is 8.56. The molecule has 1 fully saturated rings. The van der Waals surface area contributed by atoms with Crippen molar-refractivity contribution in [3.8, 4) is 0 Å². The summed E-state index contributed by atoms with van der Waals surface area (Å²) in [4.78, 5) is 24.6. The number of benzene rings is 2. The molecule has 0 heterocycles. The highest BCUT2D eigenvalue weighted by atomic mass is 35.5. The van der Waals surface area contributed by atoms with E-state index in [-0.39, 0.29) is 11.6 Å². The van der Waals surface area contributed by atoms with Gasteiger partial charge in [0.15, 0.2) is 0 Å². The number of halogens is 4. The van der Waals surface area contributed by atoms with Crippen LogP contribution in [0.25, 0.3) is 0 Å². The Labute approximate surface area is 158 Å². The van der Waals surface area contributed by atoms with Gasteiger partial charge in [0.25, 0.3) is 5.91 Å². The third-order valence-electron chi connectivity index (χ3n) is 4.02. The molecule has 1 aliphatic rings. The van der Waals surface area contributed by atoms with Crippen LogP contribution in [-0.2, 0) is 20.5 Å². The van der Waals surface area contributed by atoms with E-state index >= 15 is 0 Å². The standard InChI is InChI=1S/C19H15ClF3NO3/c20-15-9-8-13(10-14(15)19(21,22)23)24-17(25)16(11-4-2-1-3-5-11)27-18(26)12-6-7-12/h1-5,8-10,12,16H,6-7H2,(H,24,25). The molecule has 1 atom stereocenters. The first-order valence-electron chi connectivity index (χ1n) is 8.19. The number of alkyl halides is 3. The Bertz CT molecular complexity index is 851. The first kappa shape index (κ1) is 19.2. The number of anilines is 1. The second-order valence-electron chi connectivity index (χ2n) is 6.18. The average molecular weight is 398 g/mol. The van der Waals surface area contributed by atoms with E-state index in [0.717, 1.165) is 12.1 Å². The Morgan fingerprint density at radius 1 is 1.11 bits per heavy atom. The Kier molecular flexibility index (Phi) is 5.41. The number of carbonyl (C=O) groups excluding carboxylic acids is 2. The molecule has 8 heteroatoms. The molecular weight excluding hydrogens is 383 g/mol. The second kappa shape index (κ2) is 7.60. The summed E-state index contributed by atoms with van der Waals surface area (Å²) in [5.74, 6) is -1.46. The fourth-order valence-electron chi connectivity index (χ4n) is 2.46. The van der Waals surface area contributed by atoms with Crippen molar-refractivity contribution >= 4 is 29.2 Å². The number of amides is 1. The number of hydrogen-bond donors (Lipinski definition) is 1. The van der Waals surface area contributed by atoms with E-state index < -0.39 is 34.7 Å². The minimum atomic E-state index is -4.66. The van der Waals surface area contributed by atoms with Crippen molar-refractivity contribution in [3.05, 3.63) is 64.7 Å². The predicted octanol–water partition coefficient (Wildman–Crippen LogP) is 4.99. The smallest absolute Gasteiger partial charge is 0.417 e.